The number of rotatable bonds is 7. The van der Waals surface area contributed by atoms with E-state index >= 15 is 0 Å². The first-order chi connectivity index (χ1) is 17.2. The van der Waals surface area contributed by atoms with Crippen molar-refractivity contribution in [3.63, 3.8) is 0 Å². The largest absolute Gasteiger partial charge is 0.462 e. The molecule has 1 unspecified atom stereocenters. The second-order valence-corrected chi connectivity index (χ2v) is 9.91. The van der Waals surface area contributed by atoms with Crippen molar-refractivity contribution in [3.05, 3.63) is 74.0 Å². The summed E-state index contributed by atoms with van der Waals surface area (Å²) in [7, 11) is 0. The molecule has 1 amide bonds. The summed E-state index contributed by atoms with van der Waals surface area (Å²) in [5.74, 6) is -0.856. The average molecular weight is 507 g/mol. The molecule has 0 saturated carbocycles. The molecule has 1 aromatic carbocycles. The zero-order chi connectivity index (χ0) is 26.1. The van der Waals surface area contributed by atoms with Crippen LogP contribution in [0.5, 0.6) is 0 Å². The van der Waals surface area contributed by atoms with E-state index in [1.807, 2.05) is 65.0 Å². The van der Waals surface area contributed by atoms with Crippen LogP contribution >= 0.6 is 11.3 Å². The van der Waals surface area contributed by atoms with Gasteiger partial charge in [-0.1, -0.05) is 25.1 Å². The number of amides is 1. The number of hydrogen-bond acceptors (Lipinski definition) is 6. The predicted octanol–water partition coefficient (Wildman–Crippen LogP) is 5.25. The quantitative estimate of drug-likeness (QED) is 0.346. The number of hydrogen-bond donors (Lipinski definition) is 1. The molecule has 0 bridgehead atoms. The first-order valence-corrected chi connectivity index (χ1v) is 12.8. The molecule has 3 aromatic heterocycles. The van der Waals surface area contributed by atoms with Crippen molar-refractivity contribution in [2.75, 3.05) is 11.9 Å². The van der Waals surface area contributed by atoms with E-state index in [0.29, 0.717) is 22.6 Å². The Morgan fingerprint density at radius 1 is 1.11 bits per heavy atom. The minimum absolute atomic E-state index is 0.234. The van der Waals surface area contributed by atoms with Crippen molar-refractivity contribution in [1.82, 2.24) is 14.3 Å². The van der Waals surface area contributed by atoms with Gasteiger partial charge in [0, 0.05) is 16.3 Å². The maximum atomic E-state index is 13.7. The molecule has 0 saturated heterocycles. The molecule has 1 atom stereocenters. The third-order valence-electron chi connectivity index (χ3n) is 6.34. The minimum Gasteiger partial charge on any atom is -0.462 e. The number of anilines is 1. The smallest absolute Gasteiger partial charge is 0.341 e. The molecule has 4 aromatic rings. The number of para-hydroxylation sites is 1. The molecule has 36 heavy (non-hydrogen) atoms. The first-order valence-electron chi connectivity index (χ1n) is 11.9. The molecule has 3 heterocycles. The van der Waals surface area contributed by atoms with Crippen LogP contribution in [0.25, 0.3) is 16.7 Å². The summed E-state index contributed by atoms with van der Waals surface area (Å²) in [6.07, 6.45) is 0.362. The van der Waals surface area contributed by atoms with E-state index in [4.69, 9.17) is 9.84 Å². The van der Waals surface area contributed by atoms with Crippen molar-refractivity contribution in [2.45, 2.75) is 54.0 Å². The lowest BCUT2D eigenvalue weighted by molar-refractivity contribution is -0.119. The molecular formula is C27H30N4O4S. The summed E-state index contributed by atoms with van der Waals surface area (Å²) < 4.78 is 8.46. The fourth-order valence-electron chi connectivity index (χ4n) is 4.53. The number of benzene rings is 1. The highest BCUT2D eigenvalue weighted by Gasteiger charge is 2.29. The summed E-state index contributed by atoms with van der Waals surface area (Å²) in [5.41, 5.74) is 3.76. The monoisotopic (exact) mass is 506 g/mol. The zero-order valence-corrected chi connectivity index (χ0v) is 22.2. The Kier molecular flexibility index (Phi) is 7.12. The Bertz CT molecular complexity index is 1510. The number of carbonyl (C=O) groups excluding carboxylic acids is 2. The van der Waals surface area contributed by atoms with Crippen LogP contribution in [0.1, 0.15) is 58.4 Å². The Morgan fingerprint density at radius 3 is 2.44 bits per heavy atom. The molecule has 4 rings (SSSR count). The fraction of sp³-hybridized carbons (Fsp3) is 0.333. The molecule has 9 heteroatoms. The van der Waals surface area contributed by atoms with Gasteiger partial charge in [-0.3, -0.25) is 14.2 Å². The van der Waals surface area contributed by atoms with Gasteiger partial charge in [0.1, 0.15) is 16.7 Å². The van der Waals surface area contributed by atoms with E-state index in [0.717, 1.165) is 32.8 Å². The fourth-order valence-corrected chi connectivity index (χ4v) is 5.58. The van der Waals surface area contributed by atoms with E-state index in [2.05, 4.69) is 5.32 Å². The normalized spacial score (nSPS) is 12.1. The summed E-state index contributed by atoms with van der Waals surface area (Å²) in [6, 6.07) is 10.3. The van der Waals surface area contributed by atoms with Gasteiger partial charge in [-0.15, -0.1) is 11.3 Å². The molecule has 0 radical (unpaired) electrons. The van der Waals surface area contributed by atoms with Crippen LogP contribution in [-0.2, 0) is 9.53 Å². The molecule has 0 aliphatic carbocycles. The van der Waals surface area contributed by atoms with Gasteiger partial charge in [0.25, 0.3) is 5.56 Å². The summed E-state index contributed by atoms with van der Waals surface area (Å²) >= 11 is 1.32. The number of aromatic nitrogens is 3. The van der Waals surface area contributed by atoms with Crippen LogP contribution in [-0.4, -0.2) is 32.8 Å². The van der Waals surface area contributed by atoms with E-state index in [-0.39, 0.29) is 18.1 Å². The Morgan fingerprint density at radius 2 is 1.81 bits per heavy atom. The average Bonchev–Trinajstić information content (AvgIpc) is 3.33. The number of aryl methyl sites for hydroxylation is 3. The van der Waals surface area contributed by atoms with E-state index in [1.165, 1.54) is 15.9 Å². The molecule has 188 valence electrons. The lowest BCUT2D eigenvalue weighted by Crippen LogP contribution is -2.34. The number of pyridine rings is 1. The van der Waals surface area contributed by atoms with Crippen LogP contribution in [0.2, 0.25) is 0 Å². The van der Waals surface area contributed by atoms with Gasteiger partial charge in [-0.25, -0.2) is 9.48 Å². The second kappa shape index (κ2) is 10.1. The second-order valence-electron chi connectivity index (χ2n) is 8.69. The van der Waals surface area contributed by atoms with Crippen LogP contribution in [0.4, 0.5) is 5.00 Å². The van der Waals surface area contributed by atoms with E-state index in [1.54, 1.807) is 17.7 Å². The standard InChI is InChI=1S/C27H30N4O4S/c1-7-20(24(33)28-25-23(27(34)35-8-2)16(4)18(6)36-25)30-21(32)14-15(3)22-17(5)29-31(26(22)30)19-12-10-9-11-13-19/h9-14,20H,7-8H2,1-6H3,(H,28,33). The number of nitrogens with zero attached hydrogens (tertiary/aromatic N) is 3. The number of fused-ring (bicyclic) bond motifs is 1. The Hall–Kier alpha value is -3.72. The Balaban J connectivity index is 1.86. The maximum Gasteiger partial charge on any atom is 0.341 e. The molecule has 0 aliphatic rings. The third-order valence-corrected chi connectivity index (χ3v) is 7.46. The summed E-state index contributed by atoms with van der Waals surface area (Å²) in [6.45, 7) is 11.3. The van der Waals surface area contributed by atoms with Crippen LogP contribution in [0.3, 0.4) is 0 Å². The highest BCUT2D eigenvalue weighted by Crippen LogP contribution is 2.34. The van der Waals surface area contributed by atoms with E-state index in [9.17, 15) is 14.4 Å². The lowest BCUT2D eigenvalue weighted by atomic mass is 10.1. The number of thiophene rings is 1. The highest BCUT2D eigenvalue weighted by molar-refractivity contribution is 7.16. The maximum absolute atomic E-state index is 13.7. The number of esters is 1. The van der Waals surface area contributed by atoms with Gasteiger partial charge in [-0.2, -0.15) is 5.10 Å². The van der Waals surface area contributed by atoms with Gasteiger partial charge in [0.2, 0.25) is 5.91 Å². The molecule has 8 nitrogen and oxygen atoms in total. The van der Waals surface area contributed by atoms with Crippen molar-refractivity contribution < 1.29 is 14.3 Å². The minimum atomic E-state index is -0.822. The van der Waals surface area contributed by atoms with Gasteiger partial charge >= 0.3 is 5.97 Å². The van der Waals surface area contributed by atoms with Crippen molar-refractivity contribution in [2.24, 2.45) is 0 Å². The summed E-state index contributed by atoms with van der Waals surface area (Å²) in [5, 5.41) is 8.90. The van der Waals surface area contributed by atoms with Gasteiger partial charge in [-0.05, 0) is 64.3 Å². The summed E-state index contributed by atoms with van der Waals surface area (Å²) in [4.78, 5) is 40.6. The number of nitrogens with one attached hydrogen (secondary N) is 1. The topological polar surface area (TPSA) is 95.2 Å². The zero-order valence-electron chi connectivity index (χ0n) is 21.3. The molecule has 1 N–H and O–H groups in total. The van der Waals surface area contributed by atoms with Crippen molar-refractivity contribution in [1.29, 1.82) is 0 Å². The van der Waals surface area contributed by atoms with Gasteiger partial charge in [0.05, 0.1) is 23.6 Å². The Labute approximate surface area is 213 Å². The van der Waals surface area contributed by atoms with Crippen LogP contribution in [0, 0.1) is 27.7 Å². The van der Waals surface area contributed by atoms with Crippen LogP contribution < -0.4 is 10.9 Å². The van der Waals surface area contributed by atoms with Crippen molar-refractivity contribution in [3.8, 4) is 5.69 Å². The van der Waals surface area contributed by atoms with Gasteiger partial charge < -0.3 is 10.1 Å². The SMILES string of the molecule is CCOC(=O)c1c(NC(=O)C(CC)n2c(=O)cc(C)c3c(C)nn(-c4ccccc4)c32)sc(C)c1C. The first kappa shape index (κ1) is 25.4. The van der Waals surface area contributed by atoms with Gasteiger partial charge in [0.15, 0.2) is 0 Å². The lowest BCUT2D eigenvalue weighted by Gasteiger charge is -2.21. The number of ether oxygens (including phenoxy) is 1. The predicted molar refractivity (Wildman–Crippen MR) is 143 cm³/mol. The van der Waals surface area contributed by atoms with E-state index < -0.39 is 12.0 Å². The highest BCUT2D eigenvalue weighted by atomic mass is 32.1. The number of carbonyl (C=O) groups is 2. The molecule has 0 aliphatic heterocycles. The molecule has 0 fully saturated rings. The molecular weight excluding hydrogens is 476 g/mol. The van der Waals surface area contributed by atoms with Crippen LogP contribution in [0.15, 0.2) is 41.2 Å². The van der Waals surface area contributed by atoms with Crippen molar-refractivity contribution >= 4 is 39.2 Å². The third kappa shape index (κ3) is 4.35. The molecule has 0 spiro atoms.